The maximum Gasteiger partial charge on any atom is 0.225 e. The summed E-state index contributed by atoms with van der Waals surface area (Å²) in [6.45, 7) is 9.30. The number of rotatable bonds is 2. The minimum absolute atomic E-state index is 0.182. The Hall–Kier alpha value is -1.55. The zero-order valence-corrected chi connectivity index (χ0v) is 13.7. The SMILES string of the molecule is Cc1ccc(N2CCN(C(=O)C3CCOCC3)CC2)cc1C. The van der Waals surface area contributed by atoms with E-state index in [0.29, 0.717) is 5.91 Å². The summed E-state index contributed by atoms with van der Waals surface area (Å²) < 4.78 is 5.35. The number of carbonyl (C=O) groups is 1. The van der Waals surface area contributed by atoms with Gasteiger partial charge in [0.25, 0.3) is 0 Å². The van der Waals surface area contributed by atoms with Crippen molar-refractivity contribution < 1.29 is 9.53 Å². The number of piperazine rings is 1. The minimum atomic E-state index is 0.182. The number of hydrogen-bond donors (Lipinski definition) is 0. The molecule has 0 bridgehead atoms. The van der Waals surface area contributed by atoms with E-state index in [2.05, 4.69) is 36.9 Å². The van der Waals surface area contributed by atoms with E-state index in [9.17, 15) is 4.79 Å². The van der Waals surface area contributed by atoms with Crippen molar-refractivity contribution in [2.75, 3.05) is 44.3 Å². The van der Waals surface area contributed by atoms with E-state index in [0.717, 1.165) is 52.2 Å². The van der Waals surface area contributed by atoms with Gasteiger partial charge in [-0.05, 0) is 49.9 Å². The zero-order valence-electron chi connectivity index (χ0n) is 13.7. The summed E-state index contributed by atoms with van der Waals surface area (Å²) in [7, 11) is 0. The third-order valence-electron chi connectivity index (χ3n) is 5.02. The van der Waals surface area contributed by atoms with Gasteiger partial charge in [0.05, 0.1) is 0 Å². The van der Waals surface area contributed by atoms with Crippen LogP contribution in [-0.4, -0.2) is 50.2 Å². The lowest BCUT2D eigenvalue weighted by atomic mass is 9.98. The van der Waals surface area contributed by atoms with Gasteiger partial charge in [0.15, 0.2) is 0 Å². The molecule has 0 saturated carbocycles. The number of benzene rings is 1. The van der Waals surface area contributed by atoms with Crippen LogP contribution < -0.4 is 4.90 Å². The molecule has 4 nitrogen and oxygen atoms in total. The summed E-state index contributed by atoms with van der Waals surface area (Å²) >= 11 is 0. The molecule has 0 aromatic heterocycles. The Kier molecular flexibility index (Phi) is 4.67. The van der Waals surface area contributed by atoms with E-state index < -0.39 is 0 Å². The Labute approximate surface area is 133 Å². The van der Waals surface area contributed by atoms with Gasteiger partial charge in [-0.1, -0.05) is 6.07 Å². The first-order valence-corrected chi connectivity index (χ1v) is 8.34. The lowest BCUT2D eigenvalue weighted by Gasteiger charge is -2.38. The molecule has 120 valence electrons. The van der Waals surface area contributed by atoms with Gasteiger partial charge in [-0.2, -0.15) is 0 Å². The fourth-order valence-corrected chi connectivity index (χ4v) is 3.31. The third kappa shape index (κ3) is 3.27. The smallest absolute Gasteiger partial charge is 0.225 e. The predicted molar refractivity (Wildman–Crippen MR) is 88.3 cm³/mol. The molecule has 2 aliphatic heterocycles. The Morgan fingerprint density at radius 3 is 2.36 bits per heavy atom. The van der Waals surface area contributed by atoms with Crippen molar-refractivity contribution in [1.82, 2.24) is 4.90 Å². The summed E-state index contributed by atoms with van der Waals surface area (Å²) in [5.41, 5.74) is 3.94. The topological polar surface area (TPSA) is 32.8 Å². The molecule has 2 fully saturated rings. The highest BCUT2D eigenvalue weighted by Crippen LogP contribution is 2.22. The number of anilines is 1. The van der Waals surface area contributed by atoms with Crippen molar-refractivity contribution in [3.05, 3.63) is 29.3 Å². The molecule has 0 aliphatic carbocycles. The van der Waals surface area contributed by atoms with Gasteiger partial charge < -0.3 is 14.5 Å². The van der Waals surface area contributed by atoms with E-state index in [4.69, 9.17) is 4.74 Å². The molecule has 0 radical (unpaired) electrons. The third-order valence-corrected chi connectivity index (χ3v) is 5.02. The van der Waals surface area contributed by atoms with E-state index in [1.807, 2.05) is 4.90 Å². The van der Waals surface area contributed by atoms with E-state index in [1.165, 1.54) is 16.8 Å². The molecule has 3 rings (SSSR count). The van der Waals surface area contributed by atoms with Crippen molar-refractivity contribution >= 4 is 11.6 Å². The maximum absolute atomic E-state index is 12.5. The molecule has 0 atom stereocenters. The first-order valence-electron chi connectivity index (χ1n) is 8.34. The molecule has 0 N–H and O–H groups in total. The summed E-state index contributed by atoms with van der Waals surface area (Å²) in [5.74, 6) is 0.518. The van der Waals surface area contributed by atoms with Crippen molar-refractivity contribution in [2.24, 2.45) is 5.92 Å². The van der Waals surface area contributed by atoms with Crippen molar-refractivity contribution in [2.45, 2.75) is 26.7 Å². The van der Waals surface area contributed by atoms with Crippen LogP contribution in [0.15, 0.2) is 18.2 Å². The van der Waals surface area contributed by atoms with Crippen LogP contribution in [0.4, 0.5) is 5.69 Å². The van der Waals surface area contributed by atoms with Crippen molar-refractivity contribution in [3.8, 4) is 0 Å². The first kappa shape index (κ1) is 15.3. The second-order valence-corrected chi connectivity index (χ2v) is 6.47. The molecule has 4 heteroatoms. The van der Waals surface area contributed by atoms with Crippen LogP contribution in [-0.2, 0) is 9.53 Å². The monoisotopic (exact) mass is 302 g/mol. The predicted octanol–water partition coefficient (Wildman–Crippen LogP) is 2.38. The molecule has 2 saturated heterocycles. The Balaban J connectivity index is 1.57. The van der Waals surface area contributed by atoms with Crippen molar-refractivity contribution in [1.29, 1.82) is 0 Å². The largest absolute Gasteiger partial charge is 0.381 e. The standard InChI is InChI=1S/C18H26N2O2/c1-14-3-4-17(13-15(14)2)19-7-9-20(10-8-19)18(21)16-5-11-22-12-6-16/h3-4,13,16H,5-12H2,1-2H3. The molecule has 1 aromatic rings. The summed E-state index contributed by atoms with van der Waals surface area (Å²) in [6.07, 6.45) is 1.77. The highest BCUT2D eigenvalue weighted by molar-refractivity contribution is 5.79. The molecular formula is C18H26N2O2. The number of ether oxygens (including phenoxy) is 1. The average molecular weight is 302 g/mol. The second kappa shape index (κ2) is 6.69. The molecular weight excluding hydrogens is 276 g/mol. The zero-order chi connectivity index (χ0) is 15.5. The number of hydrogen-bond acceptors (Lipinski definition) is 3. The lowest BCUT2D eigenvalue weighted by molar-refractivity contribution is -0.138. The highest BCUT2D eigenvalue weighted by Gasteiger charge is 2.28. The number of amides is 1. The van der Waals surface area contributed by atoms with Gasteiger partial charge in [0.1, 0.15) is 0 Å². The Morgan fingerprint density at radius 1 is 1.05 bits per heavy atom. The summed E-state index contributed by atoms with van der Waals surface area (Å²) in [5, 5.41) is 0. The number of carbonyl (C=O) groups excluding carboxylic acids is 1. The second-order valence-electron chi connectivity index (χ2n) is 6.47. The van der Waals surface area contributed by atoms with E-state index in [1.54, 1.807) is 0 Å². The van der Waals surface area contributed by atoms with E-state index >= 15 is 0 Å². The van der Waals surface area contributed by atoms with Crippen LogP contribution in [0.5, 0.6) is 0 Å². The van der Waals surface area contributed by atoms with Gasteiger partial charge in [-0.15, -0.1) is 0 Å². The Morgan fingerprint density at radius 2 is 1.73 bits per heavy atom. The van der Waals surface area contributed by atoms with Crippen LogP contribution in [0.3, 0.4) is 0 Å². The quantitative estimate of drug-likeness (QED) is 0.841. The summed E-state index contributed by atoms with van der Waals surface area (Å²) in [6, 6.07) is 6.63. The van der Waals surface area contributed by atoms with Crippen LogP contribution in [0, 0.1) is 19.8 Å². The van der Waals surface area contributed by atoms with Gasteiger partial charge in [-0.3, -0.25) is 4.79 Å². The maximum atomic E-state index is 12.5. The minimum Gasteiger partial charge on any atom is -0.381 e. The van der Waals surface area contributed by atoms with Crippen LogP contribution in [0.1, 0.15) is 24.0 Å². The first-order chi connectivity index (χ1) is 10.6. The molecule has 0 unspecified atom stereocenters. The van der Waals surface area contributed by atoms with Crippen LogP contribution >= 0.6 is 0 Å². The molecule has 2 heterocycles. The average Bonchev–Trinajstić information content (AvgIpc) is 2.58. The van der Waals surface area contributed by atoms with E-state index in [-0.39, 0.29) is 5.92 Å². The fraction of sp³-hybridized carbons (Fsp3) is 0.611. The molecule has 1 amide bonds. The van der Waals surface area contributed by atoms with Gasteiger partial charge in [0, 0.05) is 51.0 Å². The van der Waals surface area contributed by atoms with Gasteiger partial charge in [-0.25, -0.2) is 0 Å². The van der Waals surface area contributed by atoms with Crippen LogP contribution in [0.2, 0.25) is 0 Å². The fourth-order valence-electron chi connectivity index (χ4n) is 3.31. The van der Waals surface area contributed by atoms with Crippen molar-refractivity contribution in [3.63, 3.8) is 0 Å². The summed E-state index contributed by atoms with van der Waals surface area (Å²) in [4.78, 5) is 17.0. The number of nitrogens with zero attached hydrogens (tertiary/aromatic N) is 2. The molecule has 1 aromatic carbocycles. The molecule has 2 aliphatic rings. The highest BCUT2D eigenvalue weighted by atomic mass is 16.5. The Bertz CT molecular complexity index is 530. The lowest BCUT2D eigenvalue weighted by Crippen LogP contribution is -2.51. The van der Waals surface area contributed by atoms with Gasteiger partial charge >= 0.3 is 0 Å². The normalized spacial score (nSPS) is 20.3. The molecule has 22 heavy (non-hydrogen) atoms. The number of aryl methyl sites for hydroxylation is 2. The molecule has 0 spiro atoms. The van der Waals surface area contributed by atoms with Gasteiger partial charge in [0.2, 0.25) is 5.91 Å². The van der Waals surface area contributed by atoms with Crippen LogP contribution in [0.25, 0.3) is 0 Å².